The number of phenolic OH excluding ortho intramolecular Hbond substituents is 1. The summed E-state index contributed by atoms with van der Waals surface area (Å²) in [5.41, 5.74) is 6.77. The summed E-state index contributed by atoms with van der Waals surface area (Å²) in [4.78, 5) is 12.7. The summed E-state index contributed by atoms with van der Waals surface area (Å²) in [7, 11) is 0. The van der Waals surface area contributed by atoms with Crippen molar-refractivity contribution in [1.29, 1.82) is 0 Å². The highest BCUT2D eigenvalue weighted by Crippen LogP contribution is 2.35. The molecule has 0 fully saturated rings. The monoisotopic (exact) mass is 269 g/mol. The van der Waals surface area contributed by atoms with Crippen LogP contribution in [0.25, 0.3) is 10.4 Å². The highest BCUT2D eigenvalue weighted by molar-refractivity contribution is 7.17. The highest BCUT2D eigenvalue weighted by Gasteiger charge is 2.09. The molecule has 3 N–H and O–H groups in total. The van der Waals surface area contributed by atoms with E-state index in [-0.39, 0.29) is 23.9 Å². The first-order chi connectivity index (χ1) is 7.58. The lowest BCUT2D eigenvalue weighted by molar-refractivity contribution is 0.102. The fourth-order valence-corrected chi connectivity index (χ4v) is 2.36. The Balaban J connectivity index is 0.00000144. The van der Waals surface area contributed by atoms with Crippen molar-refractivity contribution in [2.45, 2.75) is 6.92 Å². The van der Waals surface area contributed by atoms with Crippen LogP contribution >= 0.6 is 23.7 Å². The minimum atomic E-state index is 0. The zero-order valence-electron chi connectivity index (χ0n) is 9.14. The molecule has 2 rings (SSSR count). The van der Waals surface area contributed by atoms with Gasteiger partial charge in [0.1, 0.15) is 5.75 Å². The first-order valence-electron chi connectivity index (χ1n) is 4.77. The maximum absolute atomic E-state index is 11.2. The maximum Gasteiger partial charge on any atom is 0.169 e. The lowest BCUT2D eigenvalue weighted by Gasteiger charge is -2.02. The number of nitrogens with two attached hydrogens (primary N) is 1. The van der Waals surface area contributed by atoms with Crippen molar-refractivity contribution in [3.63, 3.8) is 0 Å². The van der Waals surface area contributed by atoms with Crippen LogP contribution in [0.15, 0.2) is 30.3 Å². The number of rotatable bonds is 2. The number of carbonyl (C=O) groups is 1. The minimum absolute atomic E-state index is 0. The fraction of sp³-hybridized carbons (Fsp3) is 0.0833. The molecule has 1 heterocycles. The van der Waals surface area contributed by atoms with E-state index in [0.29, 0.717) is 16.1 Å². The predicted molar refractivity (Wildman–Crippen MR) is 73.1 cm³/mol. The Hall–Kier alpha value is -1.52. The first kappa shape index (κ1) is 13.5. The van der Waals surface area contributed by atoms with E-state index in [1.54, 1.807) is 18.2 Å². The van der Waals surface area contributed by atoms with Gasteiger partial charge in [0.15, 0.2) is 5.78 Å². The number of nitrogen functional groups attached to an aromatic ring is 1. The number of aromatic hydroxyl groups is 1. The molecule has 0 saturated heterocycles. The largest absolute Gasteiger partial charge is 0.507 e. The van der Waals surface area contributed by atoms with Crippen LogP contribution in [0.4, 0.5) is 5.69 Å². The Morgan fingerprint density at radius 2 is 2.00 bits per heavy atom. The van der Waals surface area contributed by atoms with E-state index in [4.69, 9.17) is 5.73 Å². The van der Waals surface area contributed by atoms with Gasteiger partial charge in [-0.15, -0.1) is 23.7 Å². The molecule has 90 valence electrons. The smallest absolute Gasteiger partial charge is 0.169 e. The zero-order valence-corrected chi connectivity index (χ0v) is 10.8. The Kier molecular flexibility index (Phi) is 4.15. The van der Waals surface area contributed by atoms with Crippen LogP contribution in [0.2, 0.25) is 0 Å². The van der Waals surface area contributed by atoms with Crippen molar-refractivity contribution in [2.75, 3.05) is 5.73 Å². The number of hydrogen-bond acceptors (Lipinski definition) is 4. The number of phenols is 1. The summed E-state index contributed by atoms with van der Waals surface area (Å²) in [5, 5.41) is 9.73. The number of halogens is 1. The van der Waals surface area contributed by atoms with E-state index in [9.17, 15) is 9.90 Å². The molecule has 0 saturated carbocycles. The third-order valence-electron chi connectivity index (χ3n) is 2.24. The van der Waals surface area contributed by atoms with Gasteiger partial charge in [0, 0.05) is 22.2 Å². The van der Waals surface area contributed by atoms with E-state index in [2.05, 4.69) is 0 Å². The average Bonchev–Trinajstić information content (AvgIpc) is 2.66. The van der Waals surface area contributed by atoms with Gasteiger partial charge in [0.2, 0.25) is 0 Å². The van der Waals surface area contributed by atoms with E-state index < -0.39 is 0 Å². The van der Waals surface area contributed by atoms with Crippen LogP contribution in [0.1, 0.15) is 16.6 Å². The van der Waals surface area contributed by atoms with Crippen LogP contribution < -0.4 is 5.73 Å². The number of carbonyl (C=O) groups excluding carboxylic acids is 1. The number of anilines is 1. The second-order valence-electron chi connectivity index (χ2n) is 3.50. The van der Waals surface area contributed by atoms with Gasteiger partial charge in [-0.1, -0.05) is 0 Å². The maximum atomic E-state index is 11.2. The molecule has 0 bridgehead atoms. The summed E-state index contributed by atoms with van der Waals surface area (Å²) >= 11 is 1.36. The molecular weight excluding hydrogens is 258 g/mol. The quantitative estimate of drug-likeness (QED) is 0.649. The Morgan fingerprint density at radius 3 is 2.53 bits per heavy atom. The highest BCUT2D eigenvalue weighted by atomic mass is 35.5. The van der Waals surface area contributed by atoms with Crippen molar-refractivity contribution in [3.8, 4) is 16.2 Å². The van der Waals surface area contributed by atoms with Crippen LogP contribution in [0.3, 0.4) is 0 Å². The van der Waals surface area contributed by atoms with Gasteiger partial charge in [-0.05, 0) is 31.2 Å². The van der Waals surface area contributed by atoms with Crippen molar-refractivity contribution < 1.29 is 9.90 Å². The molecule has 0 aliphatic rings. The zero-order chi connectivity index (χ0) is 11.7. The Morgan fingerprint density at radius 1 is 1.29 bits per heavy atom. The number of ketones is 1. The number of thiophene rings is 1. The molecule has 17 heavy (non-hydrogen) atoms. The number of Topliss-reactive ketones (excluding diaryl/α,β-unsaturated/α-hetero) is 1. The van der Waals surface area contributed by atoms with Gasteiger partial charge in [-0.2, -0.15) is 0 Å². The van der Waals surface area contributed by atoms with Gasteiger partial charge in [-0.25, -0.2) is 0 Å². The van der Waals surface area contributed by atoms with Crippen molar-refractivity contribution in [3.05, 3.63) is 35.2 Å². The van der Waals surface area contributed by atoms with Crippen LogP contribution in [0.5, 0.6) is 5.75 Å². The second kappa shape index (κ2) is 5.21. The molecule has 0 aliphatic carbocycles. The summed E-state index contributed by atoms with van der Waals surface area (Å²) in [6, 6.07) is 8.57. The standard InChI is InChI=1S/C12H11NO2S.ClH/c1-7(14)11-4-5-12(16-11)9-3-2-8(13)6-10(9)15;/h2-6,15H,13H2,1H3;1H. The van der Waals surface area contributed by atoms with Crippen LogP contribution in [-0.2, 0) is 0 Å². The second-order valence-corrected chi connectivity index (χ2v) is 4.58. The molecular formula is C12H12ClNO2S. The van der Waals surface area contributed by atoms with E-state index in [1.165, 1.54) is 24.3 Å². The van der Waals surface area contributed by atoms with Crippen LogP contribution in [-0.4, -0.2) is 10.9 Å². The van der Waals surface area contributed by atoms with Crippen molar-refractivity contribution >= 4 is 35.2 Å². The summed E-state index contributed by atoms with van der Waals surface area (Å²) in [5.74, 6) is 0.170. The number of hydrogen-bond donors (Lipinski definition) is 2. The lowest BCUT2D eigenvalue weighted by atomic mass is 10.1. The molecule has 1 aromatic heterocycles. The molecule has 0 unspecified atom stereocenters. The lowest BCUT2D eigenvalue weighted by Crippen LogP contribution is -1.84. The Labute approximate surface area is 109 Å². The van der Waals surface area contributed by atoms with E-state index >= 15 is 0 Å². The molecule has 0 spiro atoms. The third-order valence-corrected chi connectivity index (χ3v) is 3.46. The summed E-state index contributed by atoms with van der Waals surface area (Å²) < 4.78 is 0. The number of benzene rings is 1. The van der Waals surface area contributed by atoms with Crippen molar-refractivity contribution in [1.82, 2.24) is 0 Å². The van der Waals surface area contributed by atoms with Crippen molar-refractivity contribution in [2.24, 2.45) is 0 Å². The fourth-order valence-electron chi connectivity index (χ4n) is 1.43. The van der Waals surface area contributed by atoms with E-state index in [1.807, 2.05) is 6.07 Å². The first-order valence-corrected chi connectivity index (χ1v) is 5.59. The Bertz CT molecular complexity index is 551. The predicted octanol–water partition coefficient (Wildman–Crippen LogP) is 3.33. The molecule has 0 atom stereocenters. The van der Waals surface area contributed by atoms with Gasteiger partial charge in [-0.3, -0.25) is 4.79 Å². The summed E-state index contributed by atoms with van der Waals surface area (Å²) in [6.45, 7) is 1.53. The third kappa shape index (κ3) is 2.78. The molecule has 0 aliphatic heterocycles. The molecule has 5 heteroatoms. The average molecular weight is 270 g/mol. The normalized spacial score (nSPS) is 9.71. The van der Waals surface area contributed by atoms with Gasteiger partial charge < -0.3 is 10.8 Å². The van der Waals surface area contributed by atoms with Crippen LogP contribution in [0, 0.1) is 0 Å². The summed E-state index contributed by atoms with van der Waals surface area (Å²) in [6.07, 6.45) is 0. The molecule has 3 nitrogen and oxygen atoms in total. The van der Waals surface area contributed by atoms with Gasteiger partial charge in [0.05, 0.1) is 4.88 Å². The SMILES string of the molecule is CC(=O)c1ccc(-c2ccc(N)cc2O)s1.Cl. The minimum Gasteiger partial charge on any atom is -0.507 e. The molecule has 0 radical (unpaired) electrons. The molecule has 1 aromatic carbocycles. The van der Waals surface area contributed by atoms with E-state index in [0.717, 1.165) is 4.88 Å². The van der Waals surface area contributed by atoms with Gasteiger partial charge in [0.25, 0.3) is 0 Å². The molecule has 2 aromatic rings. The topological polar surface area (TPSA) is 63.3 Å². The molecule has 0 amide bonds. The van der Waals surface area contributed by atoms with Gasteiger partial charge >= 0.3 is 0 Å².